The van der Waals surface area contributed by atoms with Crippen molar-refractivity contribution in [2.75, 3.05) is 5.73 Å². The molecule has 0 fully saturated rings. The minimum Gasteiger partial charge on any atom is -0.456 e. The van der Waals surface area contributed by atoms with E-state index in [0.29, 0.717) is 22.5 Å². The fourth-order valence-electron chi connectivity index (χ4n) is 2.20. The highest BCUT2D eigenvalue weighted by atomic mass is 19.1. The Labute approximate surface area is 114 Å². The van der Waals surface area contributed by atoms with Crippen molar-refractivity contribution in [1.29, 1.82) is 0 Å². The number of aromatic nitrogens is 2. The third-order valence-corrected chi connectivity index (χ3v) is 3.29. The maximum absolute atomic E-state index is 13.7. The van der Waals surface area contributed by atoms with Crippen LogP contribution in [0.1, 0.15) is 17.4 Å². The normalized spacial score (nSPS) is 12.9. The molecule has 104 valence electrons. The van der Waals surface area contributed by atoms with Gasteiger partial charge in [-0.3, -0.25) is 10.5 Å². The number of furan rings is 1. The lowest BCUT2D eigenvalue weighted by molar-refractivity contribution is 0.465. The van der Waals surface area contributed by atoms with Gasteiger partial charge >= 0.3 is 0 Å². The lowest BCUT2D eigenvalue weighted by Gasteiger charge is -2.12. The molecule has 0 spiro atoms. The molecule has 6 nitrogen and oxygen atoms in total. The summed E-state index contributed by atoms with van der Waals surface area (Å²) in [5, 5.41) is 4.73. The molecule has 3 rings (SSSR count). The Bertz CT molecular complexity index is 763. The standard InChI is InChI=1S/C13H14FN5O/c1-19-13(15)8(6-17-19)11(18-16)10-5-7-3-2-4-9(14)12(7)20-10/h2-6,11,18H,15-16H2,1H3. The number of aryl methyl sites for hydroxylation is 1. The number of fused-ring (bicyclic) bond motifs is 1. The Balaban J connectivity index is 2.12. The van der Waals surface area contributed by atoms with Gasteiger partial charge in [0.05, 0.1) is 6.20 Å². The van der Waals surface area contributed by atoms with E-state index in [1.165, 1.54) is 10.7 Å². The van der Waals surface area contributed by atoms with E-state index in [-0.39, 0.29) is 5.58 Å². The number of nitrogens with two attached hydrogens (primary N) is 2. The van der Waals surface area contributed by atoms with E-state index in [9.17, 15) is 4.39 Å². The maximum atomic E-state index is 13.7. The summed E-state index contributed by atoms with van der Waals surface area (Å²) in [6.45, 7) is 0. The molecule has 20 heavy (non-hydrogen) atoms. The summed E-state index contributed by atoms with van der Waals surface area (Å²) in [6, 6.07) is 5.98. The van der Waals surface area contributed by atoms with Crippen LogP contribution in [-0.4, -0.2) is 9.78 Å². The molecular formula is C13H14FN5O. The van der Waals surface area contributed by atoms with E-state index in [0.717, 1.165) is 0 Å². The molecule has 2 aromatic heterocycles. The van der Waals surface area contributed by atoms with Crippen molar-refractivity contribution in [3.63, 3.8) is 0 Å². The number of rotatable bonds is 3. The number of benzene rings is 1. The second-order valence-corrected chi connectivity index (χ2v) is 4.52. The number of nitrogens with one attached hydrogen (secondary N) is 1. The van der Waals surface area contributed by atoms with Crippen LogP contribution >= 0.6 is 0 Å². The van der Waals surface area contributed by atoms with Crippen LogP contribution in [0.2, 0.25) is 0 Å². The zero-order valence-electron chi connectivity index (χ0n) is 10.8. The summed E-state index contributed by atoms with van der Waals surface area (Å²) in [7, 11) is 1.73. The molecule has 0 aliphatic rings. The highest BCUT2D eigenvalue weighted by molar-refractivity contribution is 5.78. The number of nitrogens with zero attached hydrogens (tertiary/aromatic N) is 2. The Morgan fingerprint density at radius 1 is 1.45 bits per heavy atom. The van der Waals surface area contributed by atoms with E-state index in [1.54, 1.807) is 31.4 Å². The Hall–Kier alpha value is -2.38. The lowest BCUT2D eigenvalue weighted by Crippen LogP contribution is -2.29. The number of hydrogen-bond acceptors (Lipinski definition) is 5. The van der Waals surface area contributed by atoms with Gasteiger partial charge in [0.25, 0.3) is 0 Å². The largest absolute Gasteiger partial charge is 0.456 e. The summed E-state index contributed by atoms with van der Waals surface area (Å²) in [5.41, 5.74) is 9.42. The van der Waals surface area contributed by atoms with Crippen molar-refractivity contribution >= 4 is 16.8 Å². The molecular weight excluding hydrogens is 261 g/mol. The first-order valence-electron chi connectivity index (χ1n) is 6.03. The van der Waals surface area contributed by atoms with Gasteiger partial charge in [-0.25, -0.2) is 9.82 Å². The minimum absolute atomic E-state index is 0.199. The molecule has 1 unspecified atom stereocenters. The SMILES string of the molecule is Cn1ncc(C(NN)c2cc3cccc(F)c3o2)c1N. The second-order valence-electron chi connectivity index (χ2n) is 4.52. The zero-order valence-corrected chi connectivity index (χ0v) is 10.8. The number of halogens is 1. The quantitative estimate of drug-likeness (QED) is 0.496. The van der Waals surface area contributed by atoms with Crippen LogP contribution in [0.4, 0.5) is 10.2 Å². The third kappa shape index (κ3) is 1.84. The van der Waals surface area contributed by atoms with Gasteiger partial charge in [-0.2, -0.15) is 5.10 Å². The summed E-state index contributed by atoms with van der Waals surface area (Å²) in [6.07, 6.45) is 1.60. The minimum atomic E-state index is -0.490. The van der Waals surface area contributed by atoms with E-state index < -0.39 is 11.9 Å². The molecule has 3 aromatic rings. The Morgan fingerprint density at radius 3 is 2.85 bits per heavy atom. The summed E-state index contributed by atoms with van der Waals surface area (Å²) in [5.74, 6) is 6.11. The number of anilines is 1. The molecule has 0 saturated heterocycles. The molecule has 2 heterocycles. The van der Waals surface area contributed by atoms with Crippen molar-refractivity contribution in [3.05, 3.63) is 47.6 Å². The van der Waals surface area contributed by atoms with E-state index in [1.807, 2.05) is 0 Å². The topological polar surface area (TPSA) is 95.0 Å². The number of hydrazine groups is 1. The fourth-order valence-corrected chi connectivity index (χ4v) is 2.20. The zero-order chi connectivity index (χ0) is 14.3. The highest BCUT2D eigenvalue weighted by Crippen LogP contribution is 2.31. The molecule has 1 atom stereocenters. The van der Waals surface area contributed by atoms with Crippen molar-refractivity contribution in [3.8, 4) is 0 Å². The average Bonchev–Trinajstić information content (AvgIpc) is 2.99. The van der Waals surface area contributed by atoms with Crippen LogP contribution in [0.15, 0.2) is 34.9 Å². The first-order valence-corrected chi connectivity index (χ1v) is 6.03. The van der Waals surface area contributed by atoms with Gasteiger partial charge < -0.3 is 10.2 Å². The molecule has 0 saturated carbocycles. The Kier molecular flexibility index (Phi) is 2.92. The van der Waals surface area contributed by atoms with Gasteiger partial charge in [0.1, 0.15) is 17.6 Å². The van der Waals surface area contributed by atoms with Crippen LogP contribution in [0.5, 0.6) is 0 Å². The molecule has 0 amide bonds. The fraction of sp³-hybridized carbons (Fsp3) is 0.154. The van der Waals surface area contributed by atoms with Gasteiger partial charge in [-0.15, -0.1) is 0 Å². The lowest BCUT2D eigenvalue weighted by atomic mass is 10.1. The molecule has 5 N–H and O–H groups in total. The van der Waals surface area contributed by atoms with Crippen molar-refractivity contribution in [2.45, 2.75) is 6.04 Å². The van der Waals surface area contributed by atoms with Crippen molar-refractivity contribution in [2.24, 2.45) is 12.9 Å². The van der Waals surface area contributed by atoms with Crippen LogP contribution in [-0.2, 0) is 7.05 Å². The smallest absolute Gasteiger partial charge is 0.169 e. The maximum Gasteiger partial charge on any atom is 0.169 e. The van der Waals surface area contributed by atoms with Gasteiger partial charge in [-0.1, -0.05) is 12.1 Å². The van der Waals surface area contributed by atoms with Crippen LogP contribution in [0.3, 0.4) is 0 Å². The molecule has 7 heteroatoms. The second kappa shape index (κ2) is 4.62. The van der Waals surface area contributed by atoms with Gasteiger partial charge in [0, 0.05) is 18.0 Å². The average molecular weight is 275 g/mol. The first-order chi connectivity index (χ1) is 9.61. The number of nitrogen functional groups attached to an aromatic ring is 1. The molecule has 0 aliphatic heterocycles. The first kappa shape index (κ1) is 12.6. The van der Waals surface area contributed by atoms with Crippen LogP contribution in [0.25, 0.3) is 11.0 Å². The van der Waals surface area contributed by atoms with Crippen LogP contribution in [0, 0.1) is 5.82 Å². The number of para-hydroxylation sites is 1. The third-order valence-electron chi connectivity index (χ3n) is 3.29. The monoisotopic (exact) mass is 275 g/mol. The van der Waals surface area contributed by atoms with E-state index in [2.05, 4.69) is 10.5 Å². The molecule has 0 bridgehead atoms. The van der Waals surface area contributed by atoms with Crippen LogP contribution < -0.4 is 17.0 Å². The van der Waals surface area contributed by atoms with Gasteiger partial charge in [0.2, 0.25) is 0 Å². The Morgan fingerprint density at radius 2 is 2.25 bits per heavy atom. The predicted molar refractivity (Wildman–Crippen MR) is 73.0 cm³/mol. The molecule has 1 aromatic carbocycles. The van der Waals surface area contributed by atoms with Crippen molar-refractivity contribution < 1.29 is 8.81 Å². The predicted octanol–water partition coefficient (Wildman–Crippen LogP) is 1.44. The summed E-state index contributed by atoms with van der Waals surface area (Å²) >= 11 is 0. The van der Waals surface area contributed by atoms with Crippen molar-refractivity contribution in [1.82, 2.24) is 15.2 Å². The molecule has 0 aliphatic carbocycles. The van der Waals surface area contributed by atoms with Gasteiger partial charge in [-0.05, 0) is 12.1 Å². The highest BCUT2D eigenvalue weighted by Gasteiger charge is 2.22. The number of hydrogen-bond donors (Lipinski definition) is 3. The van der Waals surface area contributed by atoms with E-state index >= 15 is 0 Å². The molecule has 0 radical (unpaired) electrons. The summed E-state index contributed by atoms with van der Waals surface area (Å²) < 4.78 is 20.8. The summed E-state index contributed by atoms with van der Waals surface area (Å²) in [4.78, 5) is 0. The van der Waals surface area contributed by atoms with E-state index in [4.69, 9.17) is 16.0 Å². The van der Waals surface area contributed by atoms with Gasteiger partial charge in [0.15, 0.2) is 11.4 Å².